The molecule has 6 aromatic carbocycles. The molecule has 2 aliphatic rings. The van der Waals surface area contributed by atoms with Crippen LogP contribution in [0.2, 0.25) is 0 Å². The van der Waals surface area contributed by atoms with E-state index in [-0.39, 0.29) is 6.04 Å². The van der Waals surface area contributed by atoms with Crippen molar-refractivity contribution in [3.8, 4) is 5.69 Å². The summed E-state index contributed by atoms with van der Waals surface area (Å²) in [6.07, 6.45) is 11.1. The van der Waals surface area contributed by atoms with Gasteiger partial charge in [0.05, 0.1) is 33.5 Å². The number of fused-ring (bicyclic) bond motifs is 13. The lowest BCUT2D eigenvalue weighted by molar-refractivity contribution is 0.673. The molecule has 4 heterocycles. The maximum absolute atomic E-state index is 6.93. The summed E-state index contributed by atoms with van der Waals surface area (Å²) in [4.78, 5) is 0. The lowest BCUT2D eigenvalue weighted by Gasteiger charge is -2.30. The van der Waals surface area contributed by atoms with Crippen LogP contribution >= 0.6 is 0 Å². The van der Waals surface area contributed by atoms with Crippen molar-refractivity contribution in [1.82, 2.24) is 14.5 Å². The minimum atomic E-state index is 0.0295. The van der Waals surface area contributed by atoms with Crippen molar-refractivity contribution < 1.29 is 4.42 Å². The number of hydrogen-bond acceptors (Lipinski definition) is 2. The Morgan fingerprint density at radius 1 is 0.551 bits per heavy atom. The molecule has 11 rings (SSSR count). The first-order valence-corrected chi connectivity index (χ1v) is 16.8. The molecule has 1 unspecified atom stereocenters. The smallest absolute Gasteiger partial charge is 0.146 e. The molecule has 1 N–H and O–H groups in total. The Morgan fingerprint density at radius 3 is 1.98 bits per heavy atom. The largest absolute Gasteiger partial charge is 0.455 e. The first kappa shape index (κ1) is 26.5. The number of furan rings is 1. The fourth-order valence-electron chi connectivity index (χ4n) is 8.32. The molecular formula is C45H29N3O. The SMILES string of the molecule is C1=CC2=C(c3ccccc3)C=C(n3c4ccccc4c4c5oc6ccccc6c5c5c6ccccc6n(-c6ccccc6)c5c43)NC2C=C1. The molecule has 1 aliphatic carbocycles. The predicted molar refractivity (Wildman–Crippen MR) is 204 cm³/mol. The molecule has 3 aromatic heterocycles. The Hall–Kier alpha value is -6.52. The van der Waals surface area contributed by atoms with E-state index in [1.807, 2.05) is 0 Å². The summed E-state index contributed by atoms with van der Waals surface area (Å²) in [5, 5.41) is 10.9. The van der Waals surface area contributed by atoms with Crippen molar-refractivity contribution in [2.45, 2.75) is 6.04 Å². The van der Waals surface area contributed by atoms with Gasteiger partial charge in [0.1, 0.15) is 17.0 Å². The topological polar surface area (TPSA) is 35.0 Å². The van der Waals surface area contributed by atoms with Gasteiger partial charge in [-0.3, -0.25) is 4.57 Å². The van der Waals surface area contributed by atoms with Crippen LogP contribution < -0.4 is 5.32 Å². The van der Waals surface area contributed by atoms with Gasteiger partial charge in [0.15, 0.2) is 0 Å². The van der Waals surface area contributed by atoms with Crippen LogP contribution in [0.5, 0.6) is 0 Å². The maximum Gasteiger partial charge on any atom is 0.146 e. The summed E-state index contributed by atoms with van der Waals surface area (Å²) in [5.41, 5.74) is 11.2. The predicted octanol–water partition coefficient (Wildman–Crippen LogP) is 11.1. The van der Waals surface area contributed by atoms with Crippen molar-refractivity contribution in [2.24, 2.45) is 0 Å². The van der Waals surface area contributed by atoms with Gasteiger partial charge in [-0.2, -0.15) is 0 Å². The molecule has 9 aromatic rings. The molecular weight excluding hydrogens is 599 g/mol. The minimum absolute atomic E-state index is 0.0295. The van der Waals surface area contributed by atoms with Crippen molar-refractivity contribution in [3.05, 3.63) is 175 Å². The normalized spacial score (nSPS) is 16.0. The highest BCUT2D eigenvalue weighted by atomic mass is 16.3. The number of nitrogens with one attached hydrogen (secondary N) is 1. The molecule has 0 spiro atoms. The molecule has 0 saturated heterocycles. The summed E-state index contributed by atoms with van der Waals surface area (Å²) in [6.45, 7) is 0. The molecule has 0 fully saturated rings. The molecule has 0 amide bonds. The Balaban J connectivity index is 1.40. The lowest BCUT2D eigenvalue weighted by atomic mass is 9.89. The number of benzene rings is 6. The Bertz CT molecular complexity index is 2950. The quantitative estimate of drug-likeness (QED) is 0.212. The average molecular weight is 628 g/mol. The van der Waals surface area contributed by atoms with E-state index in [1.54, 1.807) is 0 Å². The van der Waals surface area contributed by atoms with E-state index in [0.717, 1.165) is 66.3 Å². The highest BCUT2D eigenvalue weighted by Gasteiger charge is 2.30. The second-order valence-corrected chi connectivity index (χ2v) is 12.9. The van der Waals surface area contributed by atoms with E-state index in [1.165, 1.54) is 27.5 Å². The molecule has 0 bridgehead atoms. The van der Waals surface area contributed by atoms with Crippen LogP contribution in [0.25, 0.3) is 82.6 Å². The van der Waals surface area contributed by atoms with Crippen molar-refractivity contribution in [3.63, 3.8) is 0 Å². The molecule has 0 saturated carbocycles. The van der Waals surface area contributed by atoms with Gasteiger partial charge in [0, 0.05) is 32.6 Å². The highest BCUT2D eigenvalue weighted by molar-refractivity contribution is 6.39. The van der Waals surface area contributed by atoms with Crippen LogP contribution in [0.1, 0.15) is 5.56 Å². The number of allylic oxidation sites excluding steroid dienone is 4. The van der Waals surface area contributed by atoms with Crippen molar-refractivity contribution in [1.29, 1.82) is 0 Å². The number of rotatable bonds is 3. The molecule has 4 heteroatoms. The molecule has 49 heavy (non-hydrogen) atoms. The summed E-state index contributed by atoms with van der Waals surface area (Å²) in [7, 11) is 0. The number of para-hydroxylation sites is 4. The van der Waals surface area contributed by atoms with Crippen LogP contribution in [-0.4, -0.2) is 15.2 Å². The average Bonchev–Trinajstić information content (AvgIpc) is 3.83. The Morgan fingerprint density at radius 2 is 1.18 bits per heavy atom. The standard InChI is InChI=1S/C45H29N3O/c1-3-15-28(16-4-1)34-27-39(46-35-23-11-7-19-30(34)35)48-37-25-13-9-21-32(37)42-44(48)43-40(41-33-22-10-14-26-38(33)49-45(41)42)31-20-8-12-24-36(31)47(43)29-17-5-2-6-18-29/h1-27,35,46H. The second kappa shape index (κ2) is 9.99. The summed E-state index contributed by atoms with van der Waals surface area (Å²) in [5.74, 6) is 1.03. The molecule has 4 nitrogen and oxygen atoms in total. The van der Waals surface area contributed by atoms with Gasteiger partial charge in [0.25, 0.3) is 0 Å². The van der Waals surface area contributed by atoms with Crippen molar-refractivity contribution in [2.75, 3.05) is 0 Å². The van der Waals surface area contributed by atoms with Gasteiger partial charge in [-0.05, 0) is 53.1 Å². The Labute approximate surface area is 281 Å². The summed E-state index contributed by atoms with van der Waals surface area (Å²) >= 11 is 0. The van der Waals surface area contributed by atoms with E-state index < -0.39 is 0 Å². The number of hydrogen-bond donors (Lipinski definition) is 1. The first-order valence-electron chi connectivity index (χ1n) is 16.8. The van der Waals surface area contributed by atoms with Crippen LogP contribution in [0, 0.1) is 0 Å². The zero-order valence-electron chi connectivity index (χ0n) is 26.5. The van der Waals surface area contributed by atoms with E-state index >= 15 is 0 Å². The van der Waals surface area contributed by atoms with E-state index in [4.69, 9.17) is 4.42 Å². The molecule has 230 valence electrons. The highest BCUT2D eigenvalue weighted by Crippen LogP contribution is 2.49. The summed E-state index contributed by atoms with van der Waals surface area (Å²) < 4.78 is 11.8. The Kier molecular flexibility index (Phi) is 5.41. The fraction of sp³-hybridized carbons (Fsp3) is 0.0222. The van der Waals surface area contributed by atoms with Crippen LogP contribution in [-0.2, 0) is 0 Å². The second-order valence-electron chi connectivity index (χ2n) is 12.9. The van der Waals surface area contributed by atoms with Gasteiger partial charge in [0.2, 0.25) is 0 Å². The third kappa shape index (κ3) is 3.63. The molecule has 1 atom stereocenters. The summed E-state index contributed by atoms with van der Waals surface area (Å²) in [6, 6.07) is 47.6. The van der Waals surface area contributed by atoms with Crippen LogP contribution in [0.3, 0.4) is 0 Å². The van der Waals surface area contributed by atoms with Crippen LogP contribution in [0.15, 0.2) is 174 Å². The van der Waals surface area contributed by atoms with E-state index in [9.17, 15) is 0 Å². The third-order valence-corrected chi connectivity index (χ3v) is 10.3. The van der Waals surface area contributed by atoms with E-state index in [2.05, 4.69) is 178 Å². The minimum Gasteiger partial charge on any atom is -0.455 e. The lowest BCUT2D eigenvalue weighted by Crippen LogP contribution is -2.33. The van der Waals surface area contributed by atoms with Crippen LogP contribution in [0.4, 0.5) is 0 Å². The maximum atomic E-state index is 6.93. The van der Waals surface area contributed by atoms with Gasteiger partial charge >= 0.3 is 0 Å². The zero-order valence-corrected chi connectivity index (χ0v) is 26.5. The third-order valence-electron chi connectivity index (χ3n) is 10.3. The first-order chi connectivity index (χ1) is 24.3. The van der Waals surface area contributed by atoms with Gasteiger partial charge in [-0.15, -0.1) is 0 Å². The molecule has 0 radical (unpaired) electrons. The zero-order chi connectivity index (χ0) is 32.1. The van der Waals surface area contributed by atoms with Gasteiger partial charge in [-0.1, -0.05) is 127 Å². The molecule has 1 aliphatic heterocycles. The number of aromatic nitrogens is 2. The van der Waals surface area contributed by atoms with E-state index in [0.29, 0.717) is 0 Å². The monoisotopic (exact) mass is 627 g/mol. The van der Waals surface area contributed by atoms with Crippen molar-refractivity contribution >= 4 is 76.9 Å². The van der Waals surface area contributed by atoms with Gasteiger partial charge in [-0.25, -0.2) is 0 Å². The number of dihydropyridines is 1. The van der Waals surface area contributed by atoms with Gasteiger partial charge < -0.3 is 14.3 Å². The fourth-order valence-corrected chi connectivity index (χ4v) is 8.32. The number of nitrogens with zero attached hydrogens (tertiary/aromatic N) is 2.